The van der Waals surface area contributed by atoms with E-state index in [9.17, 15) is 19.1 Å². The van der Waals surface area contributed by atoms with Crippen LogP contribution in [0.3, 0.4) is 0 Å². The number of nitrogens with one attached hydrogen (secondary N) is 1. The summed E-state index contributed by atoms with van der Waals surface area (Å²) in [4.78, 5) is 30.1. The van der Waals surface area contributed by atoms with Gasteiger partial charge in [0.15, 0.2) is 0 Å². The van der Waals surface area contributed by atoms with Gasteiger partial charge in [-0.1, -0.05) is 12.1 Å². The maximum Gasteiger partial charge on any atom is 0.254 e. The van der Waals surface area contributed by atoms with Crippen molar-refractivity contribution in [1.82, 2.24) is 15.2 Å². The first-order chi connectivity index (χ1) is 12.4. The molecule has 1 aliphatic heterocycles. The standard InChI is InChI=1S/C19H22FN3O3/c1-13(22-17(24)5-2-8-20)19(26)11-23(12-19)18(25)15-7-6-14-4-3-9-21-16(14)10-15/h3-4,6-7,9-10,13,26H,2,5,8,11-12H2,1H3,(H,22,24). The number of hydrogen-bond donors (Lipinski definition) is 2. The molecule has 2 N–H and O–H groups in total. The van der Waals surface area contributed by atoms with Gasteiger partial charge in [-0.05, 0) is 31.5 Å². The van der Waals surface area contributed by atoms with Gasteiger partial charge in [0.1, 0.15) is 5.60 Å². The third-order valence-corrected chi connectivity index (χ3v) is 4.79. The van der Waals surface area contributed by atoms with Crippen LogP contribution < -0.4 is 5.32 Å². The summed E-state index contributed by atoms with van der Waals surface area (Å²) in [6.07, 6.45) is 1.92. The van der Waals surface area contributed by atoms with Crippen molar-refractivity contribution in [3.63, 3.8) is 0 Å². The van der Waals surface area contributed by atoms with E-state index in [0.29, 0.717) is 5.56 Å². The molecule has 1 aromatic carbocycles. The zero-order valence-corrected chi connectivity index (χ0v) is 14.6. The number of aliphatic hydroxyl groups is 1. The molecule has 0 bridgehead atoms. The minimum absolute atomic E-state index is 0.0870. The van der Waals surface area contributed by atoms with Crippen molar-refractivity contribution >= 4 is 22.7 Å². The number of amides is 2. The Labute approximate surface area is 151 Å². The molecule has 0 radical (unpaired) electrons. The fourth-order valence-electron chi connectivity index (χ4n) is 3.09. The summed E-state index contributed by atoms with van der Waals surface area (Å²) in [6.45, 7) is 1.41. The molecule has 0 aliphatic carbocycles. The zero-order chi connectivity index (χ0) is 18.7. The van der Waals surface area contributed by atoms with Crippen LogP contribution in [-0.2, 0) is 4.79 Å². The van der Waals surface area contributed by atoms with Crippen LogP contribution in [0.4, 0.5) is 4.39 Å². The number of β-amino-alcohol motifs (C(OH)–C–C–N with tert-alkyl or cyclic N) is 1. The normalized spacial score (nSPS) is 16.8. The number of fused-ring (bicyclic) bond motifs is 1. The molecule has 1 fully saturated rings. The van der Waals surface area contributed by atoms with E-state index in [-0.39, 0.29) is 37.7 Å². The first-order valence-corrected chi connectivity index (χ1v) is 8.65. The molecule has 1 atom stereocenters. The third kappa shape index (κ3) is 3.67. The minimum atomic E-state index is -1.17. The van der Waals surface area contributed by atoms with Gasteiger partial charge in [0, 0.05) is 23.6 Å². The Morgan fingerprint density at radius 2 is 2.15 bits per heavy atom. The van der Waals surface area contributed by atoms with Crippen molar-refractivity contribution < 1.29 is 19.1 Å². The van der Waals surface area contributed by atoms with Gasteiger partial charge in [-0.3, -0.25) is 19.0 Å². The van der Waals surface area contributed by atoms with Crippen LogP contribution in [0.25, 0.3) is 10.9 Å². The highest BCUT2D eigenvalue weighted by atomic mass is 19.1. The van der Waals surface area contributed by atoms with Crippen LogP contribution in [-0.4, -0.2) is 58.2 Å². The fourth-order valence-corrected chi connectivity index (χ4v) is 3.09. The predicted octanol–water partition coefficient (Wildman–Crippen LogP) is 1.68. The second-order valence-corrected chi connectivity index (χ2v) is 6.76. The second-order valence-electron chi connectivity index (χ2n) is 6.76. The van der Waals surface area contributed by atoms with E-state index in [1.54, 1.807) is 25.3 Å². The third-order valence-electron chi connectivity index (χ3n) is 4.79. The second kappa shape index (κ2) is 7.37. The smallest absolute Gasteiger partial charge is 0.254 e. The molecule has 0 spiro atoms. The summed E-state index contributed by atoms with van der Waals surface area (Å²) >= 11 is 0. The molecule has 2 amide bonds. The molecule has 7 heteroatoms. The molecule has 0 saturated carbocycles. The van der Waals surface area contributed by atoms with E-state index >= 15 is 0 Å². The number of likely N-dealkylation sites (tertiary alicyclic amines) is 1. The molecule has 1 aromatic heterocycles. The number of pyridine rings is 1. The summed E-state index contributed by atoms with van der Waals surface area (Å²) in [5.41, 5.74) is 0.0800. The van der Waals surface area contributed by atoms with E-state index < -0.39 is 18.3 Å². The van der Waals surface area contributed by atoms with Gasteiger partial charge in [0.25, 0.3) is 5.91 Å². The van der Waals surface area contributed by atoms with E-state index in [1.807, 2.05) is 18.2 Å². The maximum atomic E-state index is 12.6. The fraction of sp³-hybridized carbons (Fsp3) is 0.421. The largest absolute Gasteiger partial charge is 0.384 e. The molecule has 1 unspecified atom stereocenters. The lowest BCUT2D eigenvalue weighted by atomic mass is 9.86. The lowest BCUT2D eigenvalue weighted by Gasteiger charge is -2.49. The van der Waals surface area contributed by atoms with E-state index in [0.717, 1.165) is 10.9 Å². The van der Waals surface area contributed by atoms with Gasteiger partial charge >= 0.3 is 0 Å². The van der Waals surface area contributed by atoms with Crippen molar-refractivity contribution in [3.8, 4) is 0 Å². The number of aromatic nitrogens is 1. The van der Waals surface area contributed by atoms with Gasteiger partial charge in [0.05, 0.1) is 31.3 Å². The summed E-state index contributed by atoms with van der Waals surface area (Å²) in [5, 5.41) is 14.2. The first-order valence-electron chi connectivity index (χ1n) is 8.65. The Morgan fingerprint density at radius 1 is 1.38 bits per heavy atom. The van der Waals surface area contributed by atoms with Crippen LogP contribution in [0.1, 0.15) is 30.1 Å². The summed E-state index contributed by atoms with van der Waals surface area (Å²) in [5.74, 6) is -0.480. The number of carbonyl (C=O) groups excluding carboxylic acids is 2. The highest BCUT2D eigenvalue weighted by Crippen LogP contribution is 2.27. The van der Waals surface area contributed by atoms with Crippen molar-refractivity contribution in [2.24, 2.45) is 0 Å². The number of benzene rings is 1. The molecular formula is C19H22FN3O3. The molecule has 26 heavy (non-hydrogen) atoms. The maximum absolute atomic E-state index is 12.6. The molecule has 2 heterocycles. The Hall–Kier alpha value is -2.54. The van der Waals surface area contributed by atoms with Crippen LogP contribution in [0.15, 0.2) is 36.5 Å². The van der Waals surface area contributed by atoms with Crippen molar-refractivity contribution in [1.29, 1.82) is 0 Å². The number of alkyl halides is 1. The number of carbonyl (C=O) groups is 2. The molecular weight excluding hydrogens is 337 g/mol. The summed E-state index contributed by atoms with van der Waals surface area (Å²) < 4.78 is 12.1. The van der Waals surface area contributed by atoms with E-state index in [2.05, 4.69) is 10.3 Å². The van der Waals surface area contributed by atoms with Gasteiger partial charge in [0.2, 0.25) is 5.91 Å². The van der Waals surface area contributed by atoms with Gasteiger partial charge in [-0.25, -0.2) is 0 Å². The number of rotatable bonds is 6. The van der Waals surface area contributed by atoms with E-state index in [4.69, 9.17) is 0 Å². The Bertz CT molecular complexity index is 821. The molecule has 1 aliphatic rings. The molecule has 3 rings (SSSR count). The lowest BCUT2D eigenvalue weighted by molar-refractivity contribution is -0.130. The van der Waals surface area contributed by atoms with Crippen LogP contribution >= 0.6 is 0 Å². The topological polar surface area (TPSA) is 82.5 Å². The average molecular weight is 359 g/mol. The van der Waals surface area contributed by atoms with Gasteiger partial charge in [-0.15, -0.1) is 0 Å². The van der Waals surface area contributed by atoms with E-state index in [1.165, 1.54) is 4.90 Å². The Balaban J connectivity index is 1.60. The van der Waals surface area contributed by atoms with Gasteiger partial charge < -0.3 is 15.3 Å². The lowest BCUT2D eigenvalue weighted by Crippen LogP contribution is -2.71. The number of hydrogen-bond acceptors (Lipinski definition) is 4. The molecule has 1 saturated heterocycles. The number of nitrogens with zero attached hydrogens (tertiary/aromatic N) is 2. The Morgan fingerprint density at radius 3 is 2.88 bits per heavy atom. The zero-order valence-electron chi connectivity index (χ0n) is 14.6. The van der Waals surface area contributed by atoms with Crippen molar-refractivity contribution in [2.75, 3.05) is 19.8 Å². The average Bonchev–Trinajstić information content (AvgIpc) is 2.62. The highest BCUT2D eigenvalue weighted by Gasteiger charge is 2.48. The predicted molar refractivity (Wildman–Crippen MR) is 95.4 cm³/mol. The monoisotopic (exact) mass is 359 g/mol. The molecule has 138 valence electrons. The minimum Gasteiger partial charge on any atom is -0.384 e. The Kier molecular flexibility index (Phi) is 5.18. The quantitative estimate of drug-likeness (QED) is 0.822. The van der Waals surface area contributed by atoms with Crippen LogP contribution in [0.2, 0.25) is 0 Å². The summed E-state index contributed by atoms with van der Waals surface area (Å²) in [7, 11) is 0. The number of halogens is 1. The highest BCUT2D eigenvalue weighted by molar-refractivity contribution is 5.98. The van der Waals surface area contributed by atoms with Crippen molar-refractivity contribution in [3.05, 3.63) is 42.1 Å². The van der Waals surface area contributed by atoms with Gasteiger partial charge in [-0.2, -0.15) is 0 Å². The van der Waals surface area contributed by atoms with Crippen LogP contribution in [0.5, 0.6) is 0 Å². The van der Waals surface area contributed by atoms with Crippen molar-refractivity contribution in [2.45, 2.75) is 31.4 Å². The first kappa shape index (κ1) is 18.3. The molecule has 2 aromatic rings. The molecule has 6 nitrogen and oxygen atoms in total. The van der Waals surface area contributed by atoms with Crippen LogP contribution in [0, 0.1) is 0 Å². The SMILES string of the molecule is CC(NC(=O)CCCF)C1(O)CN(C(=O)c2ccc3cccnc3c2)C1. The summed E-state index contributed by atoms with van der Waals surface area (Å²) in [6, 6.07) is 8.56.